The molecule has 2 aliphatic heterocycles. The average Bonchev–Trinajstić information content (AvgIpc) is 3.31. The highest BCUT2D eigenvalue weighted by Gasteiger charge is 2.38. The lowest BCUT2D eigenvalue weighted by Crippen LogP contribution is -2.55. The van der Waals surface area contributed by atoms with Crippen LogP contribution in [0.1, 0.15) is 25.7 Å². The van der Waals surface area contributed by atoms with E-state index in [-0.39, 0.29) is 12.6 Å². The Morgan fingerprint density at radius 1 is 1.15 bits per heavy atom. The van der Waals surface area contributed by atoms with Crippen molar-refractivity contribution in [2.75, 3.05) is 52.7 Å². The first-order valence-electron chi connectivity index (χ1n) is 8.05. The Bertz CT molecular complexity index is 303. The maximum atomic E-state index is 9.54. The molecule has 2 N–H and O–H groups in total. The quantitative estimate of drug-likeness (QED) is 0.731. The summed E-state index contributed by atoms with van der Waals surface area (Å²) in [5, 5.41) is 13.3. The van der Waals surface area contributed by atoms with Crippen molar-refractivity contribution in [3.8, 4) is 0 Å². The Morgan fingerprint density at radius 3 is 2.65 bits per heavy atom. The van der Waals surface area contributed by atoms with E-state index in [9.17, 15) is 5.11 Å². The van der Waals surface area contributed by atoms with Gasteiger partial charge in [0.05, 0.1) is 25.9 Å². The Balaban J connectivity index is 1.61. The number of hydrogen-bond donors (Lipinski definition) is 2. The molecule has 0 bridgehead atoms. The summed E-state index contributed by atoms with van der Waals surface area (Å²) in [6.45, 7) is 6.50. The fourth-order valence-electron chi connectivity index (χ4n) is 3.34. The molecule has 3 aliphatic rings. The number of rotatable bonds is 6. The predicted octanol–water partition coefficient (Wildman–Crippen LogP) is 0.228. The number of aliphatic hydroxyl groups excluding tert-OH is 1. The summed E-state index contributed by atoms with van der Waals surface area (Å²) >= 11 is 0. The molecule has 1 saturated carbocycles. The van der Waals surface area contributed by atoms with Gasteiger partial charge in [-0.15, -0.1) is 0 Å². The van der Waals surface area contributed by atoms with Crippen LogP contribution in [0.4, 0.5) is 0 Å². The Hall–Kier alpha value is -0.200. The van der Waals surface area contributed by atoms with Crippen LogP contribution < -0.4 is 5.32 Å². The Labute approximate surface area is 121 Å². The first kappa shape index (κ1) is 14.7. The van der Waals surface area contributed by atoms with Gasteiger partial charge in [-0.2, -0.15) is 0 Å². The normalized spacial score (nSPS) is 31.4. The van der Waals surface area contributed by atoms with Crippen LogP contribution >= 0.6 is 0 Å². The highest BCUT2D eigenvalue weighted by Crippen LogP contribution is 2.33. The second-order valence-corrected chi connectivity index (χ2v) is 6.65. The van der Waals surface area contributed by atoms with Gasteiger partial charge in [-0.05, 0) is 31.1 Å². The molecular weight excluding hydrogens is 256 g/mol. The number of hydrogen-bond acceptors (Lipinski definition) is 5. The SMILES string of the molecule is OCC1COCCN1CC1(CNC2CC2)CCOCC1. The molecule has 1 aliphatic carbocycles. The summed E-state index contributed by atoms with van der Waals surface area (Å²) in [6.07, 6.45) is 4.93. The van der Waals surface area contributed by atoms with E-state index in [0.717, 1.165) is 58.3 Å². The van der Waals surface area contributed by atoms with Crippen molar-refractivity contribution in [3.05, 3.63) is 0 Å². The molecule has 0 spiro atoms. The highest BCUT2D eigenvalue weighted by atomic mass is 16.5. The van der Waals surface area contributed by atoms with Gasteiger partial charge in [-0.1, -0.05) is 0 Å². The molecule has 2 saturated heterocycles. The molecule has 2 heterocycles. The predicted molar refractivity (Wildman–Crippen MR) is 76.8 cm³/mol. The molecule has 116 valence electrons. The number of ether oxygens (including phenoxy) is 2. The first-order chi connectivity index (χ1) is 9.81. The first-order valence-corrected chi connectivity index (χ1v) is 8.05. The van der Waals surface area contributed by atoms with Crippen molar-refractivity contribution < 1.29 is 14.6 Å². The third-order valence-electron chi connectivity index (χ3n) is 5.00. The second-order valence-electron chi connectivity index (χ2n) is 6.65. The molecule has 20 heavy (non-hydrogen) atoms. The standard InChI is InChI=1S/C15H28N2O3/c18-9-14-10-20-8-5-17(14)12-15(3-6-19-7-4-15)11-16-13-1-2-13/h13-14,16,18H,1-12H2. The third kappa shape index (κ3) is 3.71. The van der Waals surface area contributed by atoms with Crippen LogP contribution in [0.25, 0.3) is 0 Å². The van der Waals surface area contributed by atoms with E-state index < -0.39 is 0 Å². The molecule has 5 nitrogen and oxygen atoms in total. The van der Waals surface area contributed by atoms with E-state index in [2.05, 4.69) is 10.2 Å². The van der Waals surface area contributed by atoms with Crippen LogP contribution in [0.5, 0.6) is 0 Å². The van der Waals surface area contributed by atoms with Gasteiger partial charge in [0.1, 0.15) is 0 Å². The maximum absolute atomic E-state index is 9.54. The van der Waals surface area contributed by atoms with Crippen molar-refractivity contribution in [2.24, 2.45) is 5.41 Å². The summed E-state index contributed by atoms with van der Waals surface area (Å²) in [5.74, 6) is 0. The third-order valence-corrected chi connectivity index (χ3v) is 5.00. The summed E-state index contributed by atoms with van der Waals surface area (Å²) in [4.78, 5) is 2.43. The second kappa shape index (κ2) is 6.71. The average molecular weight is 284 g/mol. The molecule has 1 atom stereocenters. The zero-order valence-electron chi connectivity index (χ0n) is 12.4. The van der Waals surface area contributed by atoms with Gasteiger partial charge in [0.15, 0.2) is 0 Å². The fraction of sp³-hybridized carbons (Fsp3) is 1.00. The van der Waals surface area contributed by atoms with Gasteiger partial charge >= 0.3 is 0 Å². The van der Waals surface area contributed by atoms with Crippen molar-refractivity contribution in [2.45, 2.75) is 37.8 Å². The van der Waals surface area contributed by atoms with Crippen LogP contribution in [0.15, 0.2) is 0 Å². The van der Waals surface area contributed by atoms with E-state index >= 15 is 0 Å². The van der Waals surface area contributed by atoms with Crippen molar-refractivity contribution in [3.63, 3.8) is 0 Å². The maximum Gasteiger partial charge on any atom is 0.0644 e. The Kier molecular flexibility index (Phi) is 4.94. The van der Waals surface area contributed by atoms with Gasteiger partial charge < -0.3 is 19.9 Å². The van der Waals surface area contributed by atoms with Gasteiger partial charge in [-0.25, -0.2) is 0 Å². The van der Waals surface area contributed by atoms with E-state index in [1.54, 1.807) is 0 Å². The van der Waals surface area contributed by atoms with Crippen LogP contribution in [0, 0.1) is 5.41 Å². The number of nitrogens with zero attached hydrogens (tertiary/aromatic N) is 1. The zero-order chi connectivity index (χ0) is 13.8. The van der Waals surface area contributed by atoms with Crippen molar-refractivity contribution in [1.82, 2.24) is 10.2 Å². The van der Waals surface area contributed by atoms with Gasteiger partial charge in [0.2, 0.25) is 0 Å². The summed E-state index contributed by atoms with van der Waals surface area (Å²) in [7, 11) is 0. The minimum Gasteiger partial charge on any atom is -0.395 e. The molecule has 0 aromatic carbocycles. The Morgan fingerprint density at radius 2 is 1.95 bits per heavy atom. The van der Waals surface area contributed by atoms with Crippen LogP contribution in [0.3, 0.4) is 0 Å². The number of nitrogens with one attached hydrogen (secondary N) is 1. The molecule has 1 unspecified atom stereocenters. The number of aliphatic hydroxyl groups is 1. The lowest BCUT2D eigenvalue weighted by Gasteiger charge is -2.44. The topological polar surface area (TPSA) is 54.0 Å². The molecule has 0 radical (unpaired) electrons. The van der Waals surface area contributed by atoms with Crippen LogP contribution in [-0.4, -0.2) is 74.8 Å². The van der Waals surface area contributed by atoms with Crippen molar-refractivity contribution >= 4 is 0 Å². The summed E-state index contributed by atoms with van der Waals surface area (Å²) in [5.41, 5.74) is 0.311. The molecule has 0 aromatic heterocycles. The molecule has 3 rings (SSSR count). The van der Waals surface area contributed by atoms with E-state index in [1.807, 2.05) is 0 Å². The zero-order valence-corrected chi connectivity index (χ0v) is 12.4. The summed E-state index contributed by atoms with van der Waals surface area (Å²) < 4.78 is 11.1. The van der Waals surface area contributed by atoms with Gasteiger partial charge in [-0.3, -0.25) is 4.90 Å². The number of morpholine rings is 1. The fourth-order valence-corrected chi connectivity index (χ4v) is 3.34. The van der Waals surface area contributed by atoms with E-state index in [1.165, 1.54) is 12.8 Å². The van der Waals surface area contributed by atoms with Gasteiger partial charge in [0.25, 0.3) is 0 Å². The molecule has 3 fully saturated rings. The summed E-state index contributed by atoms with van der Waals surface area (Å²) in [6, 6.07) is 0.928. The molecule has 0 amide bonds. The monoisotopic (exact) mass is 284 g/mol. The van der Waals surface area contributed by atoms with Gasteiger partial charge in [0, 0.05) is 38.9 Å². The van der Waals surface area contributed by atoms with E-state index in [4.69, 9.17) is 9.47 Å². The van der Waals surface area contributed by atoms with Crippen molar-refractivity contribution in [1.29, 1.82) is 0 Å². The largest absolute Gasteiger partial charge is 0.395 e. The minimum atomic E-state index is 0.171. The molecule has 0 aromatic rings. The highest BCUT2D eigenvalue weighted by molar-refractivity contribution is 4.92. The smallest absolute Gasteiger partial charge is 0.0644 e. The molecular formula is C15H28N2O3. The van der Waals surface area contributed by atoms with Crippen LogP contribution in [-0.2, 0) is 9.47 Å². The lowest BCUT2D eigenvalue weighted by molar-refractivity contribution is -0.0652. The minimum absolute atomic E-state index is 0.171. The lowest BCUT2D eigenvalue weighted by atomic mass is 9.79. The van der Waals surface area contributed by atoms with E-state index in [0.29, 0.717) is 12.0 Å². The van der Waals surface area contributed by atoms with Crippen LogP contribution in [0.2, 0.25) is 0 Å². The molecule has 5 heteroatoms.